The number of amides is 2. The molecule has 0 radical (unpaired) electrons. The van der Waals surface area contributed by atoms with Gasteiger partial charge < -0.3 is 20.5 Å². The Hall–Kier alpha value is -1.72. The Morgan fingerprint density at radius 3 is 2.55 bits per heavy atom. The van der Waals surface area contributed by atoms with Gasteiger partial charge in [-0.15, -0.1) is 0 Å². The van der Waals surface area contributed by atoms with E-state index in [0.717, 1.165) is 62.9 Å². The molecule has 0 aromatic heterocycles. The average Bonchev–Trinajstić information content (AvgIpc) is 2.54. The summed E-state index contributed by atoms with van der Waals surface area (Å²) in [7, 11) is 0. The topological polar surface area (TPSA) is 90.7 Å². The zero-order valence-electron chi connectivity index (χ0n) is 12.8. The molecule has 1 saturated carbocycles. The van der Waals surface area contributed by atoms with Crippen LogP contribution in [-0.4, -0.2) is 30.6 Å². The summed E-state index contributed by atoms with van der Waals surface area (Å²) in [4.78, 5) is 23.9. The van der Waals surface area contributed by atoms with E-state index in [2.05, 4.69) is 5.32 Å². The average molecular weight is 308 g/mol. The summed E-state index contributed by atoms with van der Waals surface area (Å²) in [6, 6.07) is -0.177. The van der Waals surface area contributed by atoms with Gasteiger partial charge >= 0.3 is 0 Å². The smallest absolute Gasteiger partial charge is 0.264 e. The minimum absolute atomic E-state index is 0.177. The molecule has 3 aliphatic rings. The standard InChI is InChI=1S/C16H24N2O4/c17-15(19)10-5-1-2-6-11(10)18-16(20)14-9-21-12-7-3-4-8-13(12)22-14/h10-11,14H,1-9H2,(H2,17,19)(H,18,20). The number of carbonyl (C=O) groups is 2. The highest BCUT2D eigenvalue weighted by molar-refractivity contribution is 5.83. The van der Waals surface area contributed by atoms with Gasteiger partial charge in [-0.3, -0.25) is 9.59 Å². The molecule has 0 spiro atoms. The van der Waals surface area contributed by atoms with Crippen LogP contribution in [0.2, 0.25) is 0 Å². The van der Waals surface area contributed by atoms with Crippen molar-refractivity contribution in [1.82, 2.24) is 5.32 Å². The van der Waals surface area contributed by atoms with Crippen molar-refractivity contribution in [3.05, 3.63) is 11.5 Å². The summed E-state index contributed by atoms with van der Waals surface area (Å²) in [6.07, 6.45) is 6.84. The van der Waals surface area contributed by atoms with Gasteiger partial charge in [-0.1, -0.05) is 12.8 Å². The van der Waals surface area contributed by atoms with Crippen molar-refractivity contribution >= 4 is 11.8 Å². The molecular formula is C16H24N2O4. The maximum atomic E-state index is 12.4. The maximum absolute atomic E-state index is 12.4. The molecular weight excluding hydrogens is 284 g/mol. The minimum Gasteiger partial charge on any atom is -0.490 e. The van der Waals surface area contributed by atoms with Gasteiger partial charge in [0.05, 0.1) is 5.92 Å². The van der Waals surface area contributed by atoms with Crippen LogP contribution in [0.5, 0.6) is 0 Å². The second-order valence-corrected chi connectivity index (χ2v) is 6.38. The number of allylic oxidation sites excluding steroid dienone is 2. The van der Waals surface area contributed by atoms with Crippen LogP contribution in [0.4, 0.5) is 0 Å². The van der Waals surface area contributed by atoms with Crippen molar-refractivity contribution in [3.8, 4) is 0 Å². The molecule has 2 aliphatic carbocycles. The van der Waals surface area contributed by atoms with E-state index < -0.39 is 6.10 Å². The molecule has 0 aromatic rings. The van der Waals surface area contributed by atoms with E-state index in [-0.39, 0.29) is 30.4 Å². The highest BCUT2D eigenvalue weighted by Crippen LogP contribution is 2.31. The molecule has 0 bridgehead atoms. The molecule has 0 aromatic carbocycles. The van der Waals surface area contributed by atoms with Crippen LogP contribution < -0.4 is 11.1 Å². The summed E-state index contributed by atoms with van der Waals surface area (Å²) in [5.41, 5.74) is 5.45. The second kappa shape index (κ2) is 6.58. The lowest BCUT2D eigenvalue weighted by Crippen LogP contribution is -2.51. The molecule has 6 nitrogen and oxygen atoms in total. The van der Waals surface area contributed by atoms with Crippen LogP contribution in [0.1, 0.15) is 51.4 Å². The van der Waals surface area contributed by atoms with Crippen molar-refractivity contribution in [1.29, 1.82) is 0 Å². The zero-order valence-corrected chi connectivity index (χ0v) is 12.8. The minimum atomic E-state index is -0.618. The summed E-state index contributed by atoms with van der Waals surface area (Å²) in [5.74, 6) is 0.931. The Kier molecular flexibility index (Phi) is 4.55. The molecule has 1 heterocycles. The zero-order chi connectivity index (χ0) is 15.5. The maximum Gasteiger partial charge on any atom is 0.264 e. The van der Waals surface area contributed by atoms with Gasteiger partial charge in [-0.2, -0.15) is 0 Å². The largest absolute Gasteiger partial charge is 0.490 e. The number of carbonyl (C=O) groups excluding carboxylic acids is 2. The van der Waals surface area contributed by atoms with Crippen LogP contribution in [0.25, 0.3) is 0 Å². The number of hydrogen-bond donors (Lipinski definition) is 2. The summed E-state index contributed by atoms with van der Waals surface area (Å²) < 4.78 is 11.5. The number of rotatable bonds is 3. The van der Waals surface area contributed by atoms with E-state index in [1.54, 1.807) is 0 Å². The van der Waals surface area contributed by atoms with Gasteiger partial charge in [0, 0.05) is 18.9 Å². The molecule has 3 N–H and O–H groups in total. The molecule has 122 valence electrons. The number of nitrogens with two attached hydrogens (primary N) is 1. The number of primary amides is 1. The Morgan fingerprint density at radius 2 is 1.77 bits per heavy atom. The molecule has 2 amide bonds. The van der Waals surface area contributed by atoms with Gasteiger partial charge in [0.15, 0.2) is 0 Å². The Morgan fingerprint density at radius 1 is 1.05 bits per heavy atom. The third kappa shape index (κ3) is 3.20. The first-order valence-electron chi connectivity index (χ1n) is 8.26. The molecule has 22 heavy (non-hydrogen) atoms. The van der Waals surface area contributed by atoms with E-state index in [0.29, 0.717) is 0 Å². The lowest BCUT2D eigenvalue weighted by Gasteiger charge is -2.34. The highest BCUT2D eigenvalue weighted by atomic mass is 16.6. The van der Waals surface area contributed by atoms with E-state index >= 15 is 0 Å². The first-order valence-corrected chi connectivity index (χ1v) is 8.26. The monoisotopic (exact) mass is 308 g/mol. The predicted molar refractivity (Wildman–Crippen MR) is 79.4 cm³/mol. The van der Waals surface area contributed by atoms with Crippen LogP contribution in [-0.2, 0) is 19.1 Å². The van der Waals surface area contributed by atoms with Gasteiger partial charge in [-0.05, 0) is 25.7 Å². The first kappa shape index (κ1) is 15.2. The van der Waals surface area contributed by atoms with Crippen LogP contribution in [0.15, 0.2) is 11.5 Å². The van der Waals surface area contributed by atoms with Crippen molar-refractivity contribution in [2.45, 2.75) is 63.5 Å². The SMILES string of the molecule is NC(=O)C1CCCCC1NC(=O)C1COC2=C(CCCC2)O1. The molecule has 3 atom stereocenters. The highest BCUT2D eigenvalue weighted by Gasteiger charge is 2.35. The molecule has 0 saturated heterocycles. The van der Waals surface area contributed by atoms with E-state index in [1.165, 1.54) is 0 Å². The summed E-state index contributed by atoms with van der Waals surface area (Å²) >= 11 is 0. The van der Waals surface area contributed by atoms with Gasteiger partial charge in [0.1, 0.15) is 18.1 Å². The van der Waals surface area contributed by atoms with Crippen LogP contribution in [0.3, 0.4) is 0 Å². The summed E-state index contributed by atoms with van der Waals surface area (Å²) in [6.45, 7) is 0.249. The Bertz CT molecular complexity index is 489. The van der Waals surface area contributed by atoms with Crippen molar-refractivity contribution in [3.63, 3.8) is 0 Å². The van der Waals surface area contributed by atoms with E-state index in [1.807, 2.05) is 0 Å². The first-order chi connectivity index (χ1) is 10.6. The van der Waals surface area contributed by atoms with Gasteiger partial charge in [0.25, 0.3) is 5.91 Å². The fourth-order valence-corrected chi connectivity index (χ4v) is 3.56. The molecule has 3 rings (SSSR count). The van der Waals surface area contributed by atoms with E-state index in [4.69, 9.17) is 15.2 Å². The molecule has 1 fully saturated rings. The normalized spacial score (nSPS) is 31.5. The lowest BCUT2D eigenvalue weighted by atomic mass is 9.84. The van der Waals surface area contributed by atoms with Gasteiger partial charge in [-0.25, -0.2) is 0 Å². The number of ether oxygens (including phenoxy) is 2. The lowest BCUT2D eigenvalue weighted by molar-refractivity contribution is -0.138. The third-order valence-electron chi connectivity index (χ3n) is 4.81. The quantitative estimate of drug-likeness (QED) is 0.823. The second-order valence-electron chi connectivity index (χ2n) is 6.38. The van der Waals surface area contributed by atoms with Crippen molar-refractivity contribution < 1.29 is 19.1 Å². The Labute approximate surface area is 130 Å². The Balaban J connectivity index is 1.60. The number of nitrogens with one attached hydrogen (secondary N) is 1. The van der Waals surface area contributed by atoms with Crippen molar-refractivity contribution in [2.75, 3.05) is 6.61 Å². The fourth-order valence-electron chi connectivity index (χ4n) is 3.56. The third-order valence-corrected chi connectivity index (χ3v) is 4.81. The predicted octanol–water partition coefficient (Wildman–Crippen LogP) is 1.35. The molecule has 1 aliphatic heterocycles. The van der Waals surface area contributed by atoms with Crippen LogP contribution in [0, 0.1) is 5.92 Å². The van der Waals surface area contributed by atoms with E-state index in [9.17, 15) is 9.59 Å². The molecule has 3 unspecified atom stereocenters. The van der Waals surface area contributed by atoms with Crippen LogP contribution >= 0.6 is 0 Å². The van der Waals surface area contributed by atoms with Gasteiger partial charge in [0.2, 0.25) is 12.0 Å². The number of hydrogen-bond acceptors (Lipinski definition) is 4. The van der Waals surface area contributed by atoms with Crippen molar-refractivity contribution in [2.24, 2.45) is 11.7 Å². The molecule has 6 heteroatoms. The fraction of sp³-hybridized carbons (Fsp3) is 0.750. The summed E-state index contributed by atoms with van der Waals surface area (Å²) in [5, 5.41) is 2.95.